The van der Waals surface area contributed by atoms with Gasteiger partial charge in [0.15, 0.2) is 0 Å². The Balaban J connectivity index is 1.71. The third-order valence-electron chi connectivity index (χ3n) is 4.00. The van der Waals surface area contributed by atoms with Gasteiger partial charge in [-0.3, -0.25) is 4.79 Å². The lowest BCUT2D eigenvalue weighted by Gasteiger charge is -2.14. The highest BCUT2D eigenvalue weighted by molar-refractivity contribution is 9.10. The Morgan fingerprint density at radius 3 is 2.68 bits per heavy atom. The van der Waals surface area contributed by atoms with Gasteiger partial charge in [-0.2, -0.15) is 0 Å². The van der Waals surface area contributed by atoms with E-state index in [1.165, 1.54) is 0 Å². The zero-order chi connectivity index (χ0) is 15.1. The summed E-state index contributed by atoms with van der Waals surface area (Å²) in [5.74, 6) is 1.54. The van der Waals surface area contributed by atoms with Crippen LogP contribution in [0.3, 0.4) is 0 Å². The number of carbonyl (C=O) groups excluding carboxylic acids is 1. The lowest BCUT2D eigenvalue weighted by molar-refractivity contribution is 0.102. The van der Waals surface area contributed by atoms with Crippen LogP contribution < -0.4 is 14.8 Å². The van der Waals surface area contributed by atoms with Crippen LogP contribution in [-0.4, -0.2) is 19.1 Å². The predicted octanol–water partition coefficient (Wildman–Crippen LogP) is 3.57. The van der Waals surface area contributed by atoms with E-state index in [0.29, 0.717) is 18.8 Å². The van der Waals surface area contributed by atoms with Crippen molar-refractivity contribution in [2.75, 3.05) is 18.5 Å². The molecule has 0 atom stereocenters. The van der Waals surface area contributed by atoms with Gasteiger partial charge in [-0.1, -0.05) is 15.9 Å². The molecule has 4 rings (SSSR count). The number of rotatable bonds is 2. The van der Waals surface area contributed by atoms with Gasteiger partial charge in [0.05, 0.1) is 18.9 Å². The Labute approximate surface area is 136 Å². The Morgan fingerprint density at radius 2 is 1.86 bits per heavy atom. The van der Waals surface area contributed by atoms with E-state index in [9.17, 15) is 4.79 Å². The highest BCUT2D eigenvalue weighted by Crippen LogP contribution is 2.44. The highest BCUT2D eigenvalue weighted by atomic mass is 79.9. The number of carbonyl (C=O) groups is 1. The number of amides is 1. The Morgan fingerprint density at radius 1 is 1.09 bits per heavy atom. The summed E-state index contributed by atoms with van der Waals surface area (Å²) in [5, 5.41) is 3.02. The SMILES string of the molecule is O=C(Nc1c2c(cc3c1OCC3)OCC2)c1ccc(Br)cc1. The van der Waals surface area contributed by atoms with Gasteiger partial charge in [-0.15, -0.1) is 0 Å². The van der Waals surface area contributed by atoms with Crippen LogP contribution >= 0.6 is 15.9 Å². The normalized spacial score (nSPS) is 14.8. The zero-order valence-corrected chi connectivity index (χ0v) is 13.4. The van der Waals surface area contributed by atoms with Crippen LogP contribution in [0.4, 0.5) is 5.69 Å². The topological polar surface area (TPSA) is 47.6 Å². The fourth-order valence-corrected chi connectivity index (χ4v) is 3.17. The summed E-state index contributed by atoms with van der Waals surface area (Å²) in [6.45, 7) is 1.30. The van der Waals surface area contributed by atoms with E-state index in [1.807, 2.05) is 18.2 Å². The van der Waals surface area contributed by atoms with Crippen molar-refractivity contribution in [2.45, 2.75) is 12.8 Å². The van der Waals surface area contributed by atoms with E-state index in [-0.39, 0.29) is 5.91 Å². The van der Waals surface area contributed by atoms with Crippen molar-refractivity contribution >= 4 is 27.5 Å². The molecule has 1 N–H and O–H groups in total. The van der Waals surface area contributed by atoms with Crippen molar-refractivity contribution in [3.05, 3.63) is 51.5 Å². The van der Waals surface area contributed by atoms with Crippen molar-refractivity contribution < 1.29 is 14.3 Å². The molecule has 22 heavy (non-hydrogen) atoms. The van der Waals surface area contributed by atoms with Gasteiger partial charge < -0.3 is 14.8 Å². The molecule has 0 spiro atoms. The summed E-state index contributed by atoms with van der Waals surface area (Å²) < 4.78 is 12.3. The summed E-state index contributed by atoms with van der Waals surface area (Å²) in [6.07, 6.45) is 1.65. The van der Waals surface area contributed by atoms with Gasteiger partial charge >= 0.3 is 0 Å². The number of fused-ring (bicyclic) bond motifs is 2. The summed E-state index contributed by atoms with van der Waals surface area (Å²) >= 11 is 3.37. The van der Waals surface area contributed by atoms with Crippen molar-refractivity contribution in [2.24, 2.45) is 0 Å². The first-order chi connectivity index (χ1) is 10.7. The smallest absolute Gasteiger partial charge is 0.255 e. The van der Waals surface area contributed by atoms with Crippen molar-refractivity contribution in [3.8, 4) is 11.5 Å². The van der Waals surface area contributed by atoms with E-state index in [2.05, 4.69) is 21.2 Å². The summed E-state index contributed by atoms with van der Waals surface area (Å²) in [7, 11) is 0. The molecule has 2 aliphatic heterocycles. The number of ether oxygens (including phenoxy) is 2. The predicted molar refractivity (Wildman–Crippen MR) is 86.9 cm³/mol. The van der Waals surface area contributed by atoms with E-state index in [4.69, 9.17) is 9.47 Å². The monoisotopic (exact) mass is 359 g/mol. The molecule has 0 aliphatic carbocycles. The molecule has 2 heterocycles. The van der Waals surface area contributed by atoms with Crippen LogP contribution in [-0.2, 0) is 12.8 Å². The molecule has 0 saturated carbocycles. The maximum absolute atomic E-state index is 12.5. The fourth-order valence-electron chi connectivity index (χ4n) is 2.90. The van der Waals surface area contributed by atoms with Crippen LogP contribution in [0.5, 0.6) is 11.5 Å². The lowest BCUT2D eigenvalue weighted by atomic mass is 10.0. The van der Waals surface area contributed by atoms with Crippen LogP contribution in [0.1, 0.15) is 21.5 Å². The zero-order valence-electron chi connectivity index (χ0n) is 11.8. The summed E-state index contributed by atoms with van der Waals surface area (Å²) in [4.78, 5) is 12.5. The molecule has 0 unspecified atom stereocenters. The molecule has 0 bridgehead atoms. The second-order valence-electron chi connectivity index (χ2n) is 5.37. The number of halogens is 1. The highest BCUT2D eigenvalue weighted by Gasteiger charge is 2.27. The van der Waals surface area contributed by atoms with E-state index in [1.54, 1.807) is 12.1 Å². The van der Waals surface area contributed by atoms with Gasteiger partial charge in [0.2, 0.25) is 0 Å². The fraction of sp³-hybridized carbons (Fsp3) is 0.235. The van der Waals surface area contributed by atoms with E-state index >= 15 is 0 Å². The minimum Gasteiger partial charge on any atom is -0.493 e. The maximum atomic E-state index is 12.5. The molecule has 1 amide bonds. The number of anilines is 1. The Hall–Kier alpha value is -2.01. The molecule has 0 aromatic heterocycles. The lowest BCUT2D eigenvalue weighted by Crippen LogP contribution is -2.14. The first kappa shape index (κ1) is 13.6. The molecular weight excluding hydrogens is 346 g/mol. The molecule has 2 aromatic carbocycles. The molecule has 0 radical (unpaired) electrons. The molecule has 2 aliphatic rings. The molecule has 0 saturated heterocycles. The van der Waals surface area contributed by atoms with Gasteiger partial charge in [-0.05, 0) is 30.3 Å². The number of hydrogen-bond acceptors (Lipinski definition) is 3. The van der Waals surface area contributed by atoms with Crippen LogP contribution in [0.15, 0.2) is 34.8 Å². The minimum atomic E-state index is -0.134. The summed E-state index contributed by atoms with van der Waals surface area (Å²) in [5.41, 5.74) is 3.53. The number of hydrogen-bond donors (Lipinski definition) is 1. The van der Waals surface area contributed by atoms with Crippen LogP contribution in [0.25, 0.3) is 0 Å². The molecular formula is C17H14BrNO3. The minimum absolute atomic E-state index is 0.134. The molecule has 2 aromatic rings. The third kappa shape index (κ3) is 2.25. The third-order valence-corrected chi connectivity index (χ3v) is 4.52. The second-order valence-corrected chi connectivity index (χ2v) is 6.29. The van der Waals surface area contributed by atoms with Crippen LogP contribution in [0.2, 0.25) is 0 Å². The van der Waals surface area contributed by atoms with E-state index in [0.717, 1.165) is 45.6 Å². The molecule has 0 fully saturated rings. The second kappa shape index (κ2) is 5.32. The Bertz CT molecular complexity index is 723. The van der Waals surface area contributed by atoms with Crippen molar-refractivity contribution in [1.29, 1.82) is 0 Å². The van der Waals surface area contributed by atoms with Gasteiger partial charge in [0.1, 0.15) is 11.5 Å². The number of nitrogens with one attached hydrogen (secondary N) is 1. The molecule has 4 nitrogen and oxygen atoms in total. The average Bonchev–Trinajstić information content (AvgIpc) is 3.16. The molecule has 112 valence electrons. The van der Waals surface area contributed by atoms with Gasteiger partial charge in [-0.25, -0.2) is 0 Å². The first-order valence-corrected chi connectivity index (χ1v) is 8.03. The standard InChI is InChI=1S/C17H14BrNO3/c18-12-3-1-10(2-4-12)17(20)19-15-13-6-8-21-14(13)9-11-5-7-22-16(11)15/h1-4,9H,5-8H2,(H,19,20). The number of benzene rings is 2. The van der Waals surface area contributed by atoms with Crippen molar-refractivity contribution in [1.82, 2.24) is 0 Å². The Kier molecular flexibility index (Phi) is 3.30. The largest absolute Gasteiger partial charge is 0.493 e. The van der Waals surface area contributed by atoms with Gasteiger partial charge in [0, 0.05) is 34.0 Å². The molecule has 5 heteroatoms. The quantitative estimate of drug-likeness (QED) is 0.891. The van der Waals surface area contributed by atoms with Gasteiger partial charge in [0.25, 0.3) is 5.91 Å². The van der Waals surface area contributed by atoms with E-state index < -0.39 is 0 Å². The average molecular weight is 360 g/mol. The first-order valence-electron chi connectivity index (χ1n) is 7.23. The van der Waals surface area contributed by atoms with Crippen molar-refractivity contribution in [3.63, 3.8) is 0 Å². The summed E-state index contributed by atoms with van der Waals surface area (Å²) in [6, 6.07) is 9.34. The maximum Gasteiger partial charge on any atom is 0.255 e. The van der Waals surface area contributed by atoms with Crippen LogP contribution in [0, 0.1) is 0 Å².